The number of benzene rings is 2. The third-order valence-corrected chi connectivity index (χ3v) is 8.18. The van der Waals surface area contributed by atoms with E-state index < -0.39 is 85.3 Å². The maximum absolute atomic E-state index is 14.1. The molecule has 3 aromatic rings. The van der Waals surface area contributed by atoms with Crippen LogP contribution in [0.25, 0.3) is 10.8 Å². The first-order valence-corrected chi connectivity index (χ1v) is 12.5. The van der Waals surface area contributed by atoms with Gasteiger partial charge in [0.2, 0.25) is 11.7 Å². The number of phenols is 3. The minimum Gasteiger partial charge on any atom is -0.507 e. The molecule has 0 bridgehead atoms. The lowest BCUT2D eigenvalue weighted by molar-refractivity contribution is 0.0790. The number of nitrogens with zero attached hydrogens (tertiary/aromatic N) is 1. The SMILES string of the molecule is COC1=CC(=O)c2c(O)c3c(c(O)c2C1=O)C(=O)[C@]1(CCc2c1c(O)c1c(=O)[nH]c(/C=N/NC(=N)N)cc1c2Cl)C3=O. The van der Waals surface area contributed by atoms with Crippen molar-refractivity contribution in [1.82, 2.24) is 10.4 Å². The molecule has 0 radical (unpaired) electrons. The van der Waals surface area contributed by atoms with Crippen LogP contribution in [0.3, 0.4) is 0 Å². The number of ketones is 4. The number of halogens is 1. The molecule has 1 atom stereocenters. The summed E-state index contributed by atoms with van der Waals surface area (Å²) in [5.41, 5.74) is 1.55. The molecule has 1 heterocycles. The van der Waals surface area contributed by atoms with Crippen molar-refractivity contribution in [3.8, 4) is 17.2 Å². The smallest absolute Gasteiger partial charge is 0.260 e. The number of H-pyrrole nitrogens is 1. The summed E-state index contributed by atoms with van der Waals surface area (Å²) in [4.78, 5) is 69.4. The van der Waals surface area contributed by atoms with Crippen molar-refractivity contribution in [3.05, 3.63) is 72.4 Å². The van der Waals surface area contributed by atoms with Gasteiger partial charge in [-0.2, -0.15) is 5.10 Å². The summed E-state index contributed by atoms with van der Waals surface area (Å²) in [6.07, 6.45) is 1.64. The van der Waals surface area contributed by atoms with Crippen LogP contribution in [0.4, 0.5) is 0 Å². The Hall–Kier alpha value is -5.50. The number of allylic oxidation sites excluding steroid dienone is 2. The van der Waals surface area contributed by atoms with Crippen molar-refractivity contribution in [1.29, 1.82) is 5.41 Å². The second-order valence-electron chi connectivity index (χ2n) is 9.81. The van der Waals surface area contributed by atoms with Gasteiger partial charge in [0.05, 0.1) is 51.7 Å². The topological polar surface area (TPSA) is 245 Å². The molecule has 15 heteroatoms. The van der Waals surface area contributed by atoms with Crippen LogP contribution in [0.2, 0.25) is 5.02 Å². The van der Waals surface area contributed by atoms with Gasteiger partial charge in [-0.1, -0.05) is 11.6 Å². The molecule has 2 aromatic carbocycles. The Morgan fingerprint density at radius 2 is 1.74 bits per heavy atom. The van der Waals surface area contributed by atoms with Crippen LogP contribution in [-0.4, -0.2) is 62.7 Å². The number of aromatic amines is 1. The van der Waals surface area contributed by atoms with Gasteiger partial charge in [-0.25, -0.2) is 5.43 Å². The van der Waals surface area contributed by atoms with Crippen molar-refractivity contribution in [2.75, 3.05) is 7.11 Å². The van der Waals surface area contributed by atoms with E-state index in [4.69, 9.17) is 27.5 Å². The molecule has 0 unspecified atom stereocenters. The highest BCUT2D eigenvalue weighted by molar-refractivity contribution is 6.41. The molecule has 3 aliphatic rings. The van der Waals surface area contributed by atoms with Gasteiger partial charge in [0.1, 0.15) is 22.7 Å². The summed E-state index contributed by atoms with van der Waals surface area (Å²) in [7, 11) is 1.11. The van der Waals surface area contributed by atoms with E-state index in [0.29, 0.717) is 0 Å². The minimum atomic E-state index is -2.22. The fourth-order valence-corrected chi connectivity index (χ4v) is 6.38. The third kappa shape index (κ3) is 3.17. The average molecular weight is 592 g/mol. The average Bonchev–Trinajstić information content (AvgIpc) is 3.44. The number of nitrogens with one attached hydrogen (secondary N) is 3. The number of pyridine rings is 1. The number of rotatable bonds is 3. The number of fused-ring (bicyclic) bond motifs is 5. The predicted molar refractivity (Wildman–Crippen MR) is 146 cm³/mol. The number of nitrogens with two attached hydrogens (primary N) is 1. The number of hydrogen-bond donors (Lipinski definition) is 7. The Morgan fingerprint density at radius 3 is 2.36 bits per heavy atom. The van der Waals surface area contributed by atoms with Gasteiger partial charge in [-0.15, -0.1) is 0 Å². The summed E-state index contributed by atoms with van der Waals surface area (Å²) >= 11 is 6.68. The van der Waals surface area contributed by atoms with E-state index in [1.165, 1.54) is 6.07 Å². The lowest BCUT2D eigenvalue weighted by Crippen LogP contribution is -2.36. The zero-order valence-corrected chi connectivity index (χ0v) is 22.1. The maximum atomic E-state index is 14.1. The van der Waals surface area contributed by atoms with Gasteiger partial charge in [-0.3, -0.25) is 29.4 Å². The third-order valence-electron chi connectivity index (χ3n) is 7.75. The number of carbonyl (C=O) groups is 4. The van der Waals surface area contributed by atoms with Crippen molar-refractivity contribution >= 4 is 57.7 Å². The summed E-state index contributed by atoms with van der Waals surface area (Å²) in [6, 6.07) is 1.38. The Bertz CT molecular complexity index is 2030. The number of guanidine groups is 1. The van der Waals surface area contributed by atoms with Crippen LogP contribution in [0, 0.1) is 5.41 Å². The summed E-state index contributed by atoms with van der Waals surface area (Å²) in [6.45, 7) is 0. The molecule has 1 spiro atoms. The molecule has 0 saturated carbocycles. The second kappa shape index (κ2) is 8.75. The van der Waals surface area contributed by atoms with Gasteiger partial charge >= 0.3 is 0 Å². The van der Waals surface area contributed by atoms with E-state index in [0.717, 1.165) is 19.4 Å². The Kier molecular flexibility index (Phi) is 5.56. The van der Waals surface area contributed by atoms with Crippen LogP contribution in [-0.2, 0) is 16.6 Å². The Morgan fingerprint density at radius 1 is 1.10 bits per heavy atom. The molecule has 8 N–H and O–H groups in total. The van der Waals surface area contributed by atoms with E-state index in [1.54, 1.807) is 0 Å². The lowest BCUT2D eigenvalue weighted by atomic mass is 9.76. The molecule has 0 amide bonds. The first kappa shape index (κ1) is 26.7. The molecule has 0 saturated heterocycles. The van der Waals surface area contributed by atoms with E-state index in [-0.39, 0.29) is 45.5 Å². The van der Waals surface area contributed by atoms with Crippen LogP contribution < -0.4 is 16.7 Å². The van der Waals surface area contributed by atoms with E-state index in [1.807, 2.05) is 0 Å². The summed E-state index contributed by atoms with van der Waals surface area (Å²) < 4.78 is 4.89. The molecular weight excluding hydrogens is 574 g/mol. The minimum absolute atomic E-state index is 0.0280. The van der Waals surface area contributed by atoms with Gasteiger partial charge in [0.15, 0.2) is 23.1 Å². The lowest BCUT2D eigenvalue weighted by Gasteiger charge is -2.23. The predicted octanol–water partition coefficient (Wildman–Crippen LogP) is 1.29. The number of hydrogen-bond acceptors (Lipinski definition) is 11. The molecule has 0 fully saturated rings. The Labute approximate surface area is 238 Å². The number of aromatic hydroxyl groups is 3. The molecule has 1 aromatic heterocycles. The Balaban J connectivity index is 1.59. The van der Waals surface area contributed by atoms with Crippen LogP contribution in [0.1, 0.15) is 64.7 Å². The van der Waals surface area contributed by atoms with Crippen molar-refractivity contribution in [2.45, 2.75) is 18.3 Å². The highest BCUT2D eigenvalue weighted by Crippen LogP contribution is 2.58. The molecular formula is C27H18ClN5O9. The van der Waals surface area contributed by atoms with E-state index in [2.05, 4.69) is 15.5 Å². The number of phenolic OH excluding ortho intramolecular Hbond substituents is 3. The quantitative estimate of drug-likeness (QED) is 0.0751. The number of ether oxygens (including phenoxy) is 1. The van der Waals surface area contributed by atoms with Crippen molar-refractivity contribution < 1.29 is 39.2 Å². The van der Waals surface area contributed by atoms with Gasteiger partial charge in [-0.05, 0) is 24.5 Å². The monoisotopic (exact) mass is 591 g/mol. The zero-order valence-electron chi connectivity index (χ0n) is 21.3. The molecule has 6 rings (SSSR count). The van der Waals surface area contributed by atoms with Crippen LogP contribution >= 0.6 is 11.6 Å². The van der Waals surface area contributed by atoms with Crippen LogP contribution in [0.5, 0.6) is 17.2 Å². The van der Waals surface area contributed by atoms with E-state index in [9.17, 15) is 39.3 Å². The summed E-state index contributed by atoms with van der Waals surface area (Å²) in [5, 5.41) is 44.1. The van der Waals surface area contributed by atoms with Gasteiger partial charge < -0.3 is 30.8 Å². The first-order valence-electron chi connectivity index (χ1n) is 12.2. The molecule has 3 aliphatic carbocycles. The second-order valence-corrected chi connectivity index (χ2v) is 10.2. The normalized spacial score (nSPS) is 19.0. The van der Waals surface area contributed by atoms with E-state index >= 15 is 0 Å². The zero-order chi connectivity index (χ0) is 30.4. The summed E-state index contributed by atoms with van der Waals surface area (Å²) in [5.74, 6) is -7.61. The number of methoxy groups -OCH3 is 1. The number of aromatic nitrogens is 1. The van der Waals surface area contributed by atoms with Gasteiger partial charge in [0, 0.05) is 17.0 Å². The highest BCUT2D eigenvalue weighted by atomic mass is 35.5. The van der Waals surface area contributed by atoms with Crippen LogP contribution in [0.15, 0.2) is 27.8 Å². The highest BCUT2D eigenvalue weighted by Gasteiger charge is 2.62. The fraction of sp³-hybridized carbons (Fsp3) is 0.148. The fourth-order valence-electron chi connectivity index (χ4n) is 6.04. The largest absolute Gasteiger partial charge is 0.507 e. The molecule has 14 nitrogen and oxygen atoms in total. The molecule has 0 aliphatic heterocycles. The van der Waals surface area contributed by atoms with Gasteiger partial charge in [0.25, 0.3) is 5.56 Å². The molecule has 42 heavy (non-hydrogen) atoms. The first-order chi connectivity index (χ1) is 19.9. The molecule has 212 valence electrons. The number of hydrazone groups is 1. The van der Waals surface area contributed by atoms with Crippen molar-refractivity contribution in [2.24, 2.45) is 10.8 Å². The standard InChI is InChI=1S/C27H18ClN5O9/c1-42-11-5-10(34)13-14(19(11)35)21(37)16-15(20(13)36)23(39)27(24(16)40)3-2-8-17(27)22(38)12-9(18(8)28)4-7(32-25(12)41)6-31-33-26(29)30/h4-6,36-38H,2-3H2,1H3,(H,32,41)(H4,29,30,33)/b31-6+/t27-/m0/s1. The number of carbonyl (C=O) groups excluding carboxylic acids is 4. The van der Waals surface area contributed by atoms with Crippen molar-refractivity contribution in [3.63, 3.8) is 0 Å². The number of Topliss-reactive ketones (excluding diaryl/α,β-unsaturated/α-hetero) is 3. The maximum Gasteiger partial charge on any atom is 0.260 e.